The minimum Gasteiger partial charge on any atom is -0.408 e. The van der Waals surface area contributed by atoms with Crippen LogP contribution < -0.4 is 11.5 Å². The van der Waals surface area contributed by atoms with Gasteiger partial charge in [-0.2, -0.15) is 5.10 Å². The number of nitrogen functional groups attached to an aromatic ring is 1. The first-order valence-electron chi connectivity index (χ1n) is 5.17. The molecule has 0 aliphatic rings. The van der Waals surface area contributed by atoms with Gasteiger partial charge in [0.25, 0.3) is 0 Å². The van der Waals surface area contributed by atoms with E-state index in [1.165, 1.54) is 0 Å². The summed E-state index contributed by atoms with van der Waals surface area (Å²) in [5, 5.41) is 4.12. The van der Waals surface area contributed by atoms with Crippen molar-refractivity contribution in [1.82, 2.24) is 14.8 Å². The average molecular weight is 309 g/mol. The summed E-state index contributed by atoms with van der Waals surface area (Å²) < 4.78 is 7.43. The second-order valence-electron chi connectivity index (χ2n) is 3.90. The molecule has 0 fully saturated rings. The van der Waals surface area contributed by atoms with Crippen LogP contribution in [0.1, 0.15) is 0 Å². The number of rotatable bonds is 1. The SMILES string of the molecule is Cn1nc(N)c(Br)c1-c1ccc2[nH]c(=O)oc2c1. The van der Waals surface area contributed by atoms with E-state index < -0.39 is 5.76 Å². The highest BCUT2D eigenvalue weighted by atomic mass is 79.9. The van der Waals surface area contributed by atoms with Crippen molar-refractivity contribution in [2.24, 2.45) is 7.05 Å². The van der Waals surface area contributed by atoms with Gasteiger partial charge in [-0.05, 0) is 28.1 Å². The lowest BCUT2D eigenvalue weighted by Gasteiger charge is -2.02. The van der Waals surface area contributed by atoms with Crippen LogP contribution in [0, 0.1) is 0 Å². The third-order valence-electron chi connectivity index (χ3n) is 2.71. The van der Waals surface area contributed by atoms with Gasteiger partial charge in [0, 0.05) is 12.6 Å². The Morgan fingerprint density at radius 1 is 1.50 bits per heavy atom. The highest BCUT2D eigenvalue weighted by Gasteiger charge is 2.14. The van der Waals surface area contributed by atoms with Crippen LogP contribution in [0.25, 0.3) is 22.4 Å². The molecule has 1 aromatic carbocycles. The lowest BCUT2D eigenvalue weighted by molar-refractivity contribution is 0.555. The van der Waals surface area contributed by atoms with Crippen LogP contribution in [0.15, 0.2) is 31.9 Å². The van der Waals surface area contributed by atoms with Gasteiger partial charge in [0.05, 0.1) is 15.7 Å². The number of halogens is 1. The monoisotopic (exact) mass is 308 g/mol. The lowest BCUT2D eigenvalue weighted by atomic mass is 10.1. The number of fused-ring (bicyclic) bond motifs is 1. The third-order valence-corrected chi connectivity index (χ3v) is 3.49. The number of nitrogens with one attached hydrogen (secondary N) is 1. The van der Waals surface area contributed by atoms with E-state index >= 15 is 0 Å². The number of aromatic nitrogens is 3. The molecule has 0 atom stereocenters. The van der Waals surface area contributed by atoms with E-state index in [4.69, 9.17) is 10.2 Å². The topological polar surface area (TPSA) is 89.8 Å². The number of H-pyrrole nitrogens is 1. The summed E-state index contributed by atoms with van der Waals surface area (Å²) in [4.78, 5) is 13.7. The summed E-state index contributed by atoms with van der Waals surface area (Å²) in [5.41, 5.74) is 8.60. The number of nitrogens with two attached hydrogens (primary N) is 1. The Morgan fingerprint density at radius 2 is 2.28 bits per heavy atom. The molecule has 0 amide bonds. The molecule has 0 bridgehead atoms. The van der Waals surface area contributed by atoms with Crippen molar-refractivity contribution in [3.8, 4) is 11.3 Å². The van der Waals surface area contributed by atoms with E-state index in [2.05, 4.69) is 26.0 Å². The van der Waals surface area contributed by atoms with Crippen LogP contribution in [-0.4, -0.2) is 14.8 Å². The number of oxazole rings is 1. The van der Waals surface area contributed by atoms with Gasteiger partial charge in [-0.25, -0.2) is 4.79 Å². The summed E-state index contributed by atoms with van der Waals surface area (Å²) in [6.45, 7) is 0. The quantitative estimate of drug-likeness (QED) is 0.718. The number of benzene rings is 1. The molecule has 18 heavy (non-hydrogen) atoms. The number of aromatic amines is 1. The number of anilines is 1. The van der Waals surface area contributed by atoms with E-state index in [1.807, 2.05) is 6.07 Å². The summed E-state index contributed by atoms with van der Waals surface area (Å²) >= 11 is 3.40. The molecule has 0 aliphatic carbocycles. The van der Waals surface area contributed by atoms with Gasteiger partial charge in [-0.3, -0.25) is 9.67 Å². The van der Waals surface area contributed by atoms with Gasteiger partial charge < -0.3 is 10.2 Å². The molecule has 3 N–H and O–H groups in total. The predicted molar refractivity (Wildman–Crippen MR) is 71.1 cm³/mol. The largest absolute Gasteiger partial charge is 0.417 e. The molecule has 0 aliphatic heterocycles. The van der Waals surface area contributed by atoms with Gasteiger partial charge in [-0.15, -0.1) is 0 Å². The van der Waals surface area contributed by atoms with Gasteiger partial charge in [0.1, 0.15) is 0 Å². The van der Waals surface area contributed by atoms with E-state index in [0.717, 1.165) is 15.7 Å². The van der Waals surface area contributed by atoms with Crippen LogP contribution in [-0.2, 0) is 7.05 Å². The molecule has 3 aromatic rings. The molecule has 92 valence electrons. The minimum atomic E-state index is -0.467. The van der Waals surface area contributed by atoms with Crippen molar-refractivity contribution in [3.05, 3.63) is 33.2 Å². The van der Waals surface area contributed by atoms with Crippen LogP contribution in [0.4, 0.5) is 5.82 Å². The fraction of sp³-hybridized carbons (Fsp3) is 0.0909. The summed E-state index contributed by atoms with van der Waals surface area (Å²) in [5.74, 6) is -0.0474. The minimum absolute atomic E-state index is 0.420. The maximum atomic E-state index is 11.1. The van der Waals surface area contributed by atoms with E-state index in [0.29, 0.717) is 16.9 Å². The lowest BCUT2D eigenvalue weighted by Crippen LogP contribution is -1.94. The number of nitrogens with zero attached hydrogens (tertiary/aromatic N) is 2. The zero-order chi connectivity index (χ0) is 12.9. The molecule has 0 saturated carbocycles. The second-order valence-corrected chi connectivity index (χ2v) is 4.69. The van der Waals surface area contributed by atoms with Crippen LogP contribution in [0.3, 0.4) is 0 Å². The highest BCUT2D eigenvalue weighted by molar-refractivity contribution is 9.10. The summed E-state index contributed by atoms with van der Waals surface area (Å²) in [7, 11) is 1.80. The summed E-state index contributed by atoms with van der Waals surface area (Å²) in [6, 6.07) is 5.43. The zero-order valence-corrected chi connectivity index (χ0v) is 11.0. The molecule has 0 spiro atoms. The Bertz CT molecular complexity index is 799. The van der Waals surface area contributed by atoms with Crippen molar-refractivity contribution in [2.45, 2.75) is 0 Å². The van der Waals surface area contributed by atoms with Crippen LogP contribution >= 0.6 is 15.9 Å². The average Bonchev–Trinajstić information content (AvgIpc) is 2.78. The first kappa shape index (κ1) is 11.1. The molecule has 0 saturated heterocycles. The first-order chi connectivity index (χ1) is 8.56. The van der Waals surface area contributed by atoms with Crippen molar-refractivity contribution >= 4 is 32.8 Å². The third kappa shape index (κ3) is 1.55. The number of aryl methyl sites for hydroxylation is 1. The Balaban J connectivity index is 2.28. The van der Waals surface area contributed by atoms with Gasteiger partial charge in [-0.1, -0.05) is 6.07 Å². The molecule has 6 nitrogen and oxygen atoms in total. The fourth-order valence-corrected chi connectivity index (χ4v) is 2.49. The van der Waals surface area contributed by atoms with E-state index in [9.17, 15) is 4.79 Å². The Morgan fingerprint density at radius 3 is 2.94 bits per heavy atom. The molecular weight excluding hydrogens is 300 g/mol. The molecule has 2 heterocycles. The molecule has 2 aromatic heterocycles. The van der Waals surface area contributed by atoms with Gasteiger partial charge >= 0.3 is 5.76 Å². The van der Waals surface area contributed by atoms with Gasteiger partial charge in [0.15, 0.2) is 11.4 Å². The predicted octanol–water partition coefficient (Wildman–Crippen LogP) is 1.87. The maximum absolute atomic E-state index is 11.1. The van der Waals surface area contributed by atoms with Crippen molar-refractivity contribution in [2.75, 3.05) is 5.73 Å². The van der Waals surface area contributed by atoms with Crippen molar-refractivity contribution in [3.63, 3.8) is 0 Å². The molecule has 7 heteroatoms. The van der Waals surface area contributed by atoms with E-state index in [-0.39, 0.29) is 0 Å². The second kappa shape index (κ2) is 3.74. The Hall–Kier alpha value is -2.02. The summed E-state index contributed by atoms with van der Waals surface area (Å²) in [6.07, 6.45) is 0. The van der Waals surface area contributed by atoms with Crippen LogP contribution in [0.2, 0.25) is 0 Å². The normalized spacial score (nSPS) is 11.2. The Kier molecular flexibility index (Phi) is 2.30. The number of hydrogen-bond acceptors (Lipinski definition) is 4. The fourth-order valence-electron chi connectivity index (χ4n) is 1.93. The highest BCUT2D eigenvalue weighted by Crippen LogP contribution is 2.33. The van der Waals surface area contributed by atoms with Gasteiger partial charge in [0.2, 0.25) is 0 Å². The zero-order valence-electron chi connectivity index (χ0n) is 9.40. The van der Waals surface area contributed by atoms with Crippen LogP contribution in [0.5, 0.6) is 0 Å². The Labute approximate surface area is 110 Å². The molecule has 3 rings (SSSR count). The standard InChI is InChI=1S/C11H9BrN4O2/c1-16-9(8(12)10(13)15-16)5-2-3-6-7(4-5)18-11(17)14-6/h2-4H,1H3,(H2,13,15)(H,14,17). The smallest absolute Gasteiger partial charge is 0.408 e. The number of hydrogen-bond donors (Lipinski definition) is 2. The van der Waals surface area contributed by atoms with E-state index in [1.54, 1.807) is 23.9 Å². The maximum Gasteiger partial charge on any atom is 0.417 e. The first-order valence-corrected chi connectivity index (χ1v) is 5.97. The molecule has 0 radical (unpaired) electrons. The van der Waals surface area contributed by atoms with Crippen molar-refractivity contribution < 1.29 is 4.42 Å². The molecular formula is C11H9BrN4O2. The molecule has 0 unspecified atom stereocenters. The van der Waals surface area contributed by atoms with Crippen molar-refractivity contribution in [1.29, 1.82) is 0 Å².